The standard InChI is InChI=1S/C30H24O8/c1-33-23-10-8-17(28(34-2)30(23)35-3)13-24-27(32)19-9-11-22-26(29(19)38-24)20(14-25(31)37-22)18-12-16-6-4-5-7-21(16)36-15-18/h4-13,20H,14-15H2,1-3H3/b24-13-/t20-/m0/s1. The molecule has 38 heavy (non-hydrogen) atoms. The number of benzene rings is 3. The monoisotopic (exact) mass is 512 g/mol. The molecule has 0 unspecified atom stereocenters. The molecule has 0 saturated heterocycles. The Morgan fingerprint density at radius 2 is 1.68 bits per heavy atom. The minimum atomic E-state index is -0.364. The number of ether oxygens (including phenoxy) is 6. The van der Waals surface area contributed by atoms with Gasteiger partial charge in [0.2, 0.25) is 11.5 Å². The molecule has 0 amide bonds. The number of carbonyl (C=O) groups is 2. The lowest BCUT2D eigenvalue weighted by Gasteiger charge is -2.30. The number of fused-ring (bicyclic) bond motifs is 4. The van der Waals surface area contributed by atoms with Crippen molar-refractivity contribution in [3.8, 4) is 34.5 Å². The highest BCUT2D eigenvalue weighted by atomic mass is 16.5. The van der Waals surface area contributed by atoms with Crippen LogP contribution < -0.4 is 28.4 Å². The molecule has 1 atom stereocenters. The maximum atomic E-state index is 13.4. The second-order valence-corrected chi connectivity index (χ2v) is 8.99. The van der Waals surface area contributed by atoms with Crippen molar-refractivity contribution in [2.75, 3.05) is 27.9 Å². The summed E-state index contributed by atoms with van der Waals surface area (Å²) in [5.74, 6) is 1.98. The maximum Gasteiger partial charge on any atom is 0.312 e. The van der Waals surface area contributed by atoms with Crippen molar-refractivity contribution in [3.05, 3.63) is 82.1 Å². The zero-order valence-electron chi connectivity index (χ0n) is 21.0. The van der Waals surface area contributed by atoms with Crippen LogP contribution in [0.5, 0.6) is 34.5 Å². The van der Waals surface area contributed by atoms with Gasteiger partial charge in [-0.1, -0.05) is 18.2 Å². The van der Waals surface area contributed by atoms with Crippen molar-refractivity contribution in [1.29, 1.82) is 0 Å². The topological polar surface area (TPSA) is 89.5 Å². The van der Waals surface area contributed by atoms with Crippen LogP contribution in [-0.4, -0.2) is 39.7 Å². The van der Waals surface area contributed by atoms with E-state index in [1.807, 2.05) is 30.3 Å². The van der Waals surface area contributed by atoms with Gasteiger partial charge in [0.25, 0.3) is 0 Å². The minimum Gasteiger partial charge on any atom is -0.493 e. The highest BCUT2D eigenvalue weighted by Crippen LogP contribution is 2.50. The molecule has 6 rings (SSSR count). The van der Waals surface area contributed by atoms with Crippen LogP contribution in [0, 0.1) is 0 Å². The molecule has 8 heteroatoms. The molecule has 3 aliphatic heterocycles. The summed E-state index contributed by atoms with van der Waals surface area (Å²) >= 11 is 0. The molecule has 192 valence electrons. The van der Waals surface area contributed by atoms with Gasteiger partial charge >= 0.3 is 5.97 Å². The van der Waals surface area contributed by atoms with Crippen LogP contribution in [0.3, 0.4) is 0 Å². The van der Waals surface area contributed by atoms with Gasteiger partial charge < -0.3 is 28.4 Å². The van der Waals surface area contributed by atoms with Crippen LogP contribution in [0.4, 0.5) is 0 Å². The molecule has 3 aromatic rings. The van der Waals surface area contributed by atoms with Gasteiger partial charge in [0.05, 0.1) is 33.3 Å². The van der Waals surface area contributed by atoms with Crippen molar-refractivity contribution in [3.63, 3.8) is 0 Å². The molecule has 0 bridgehead atoms. The van der Waals surface area contributed by atoms with Gasteiger partial charge in [-0.15, -0.1) is 0 Å². The Kier molecular flexibility index (Phi) is 5.79. The Labute approximate surface area is 219 Å². The summed E-state index contributed by atoms with van der Waals surface area (Å²) in [5, 5.41) is 0. The first kappa shape index (κ1) is 23.7. The number of allylic oxidation sites excluding steroid dienone is 1. The first-order valence-electron chi connectivity index (χ1n) is 12.1. The molecule has 0 radical (unpaired) electrons. The zero-order valence-corrected chi connectivity index (χ0v) is 21.0. The number of methoxy groups -OCH3 is 3. The number of carbonyl (C=O) groups excluding carboxylic acids is 2. The third-order valence-electron chi connectivity index (χ3n) is 6.90. The summed E-state index contributed by atoms with van der Waals surface area (Å²) in [4.78, 5) is 26.0. The molecule has 0 spiro atoms. The van der Waals surface area contributed by atoms with E-state index in [0.29, 0.717) is 52.0 Å². The fourth-order valence-corrected chi connectivity index (χ4v) is 5.14. The SMILES string of the molecule is COc1ccc(/C=C2\Oc3c(ccc4c3[C@H](C3=Cc5ccccc5OC3)CC(=O)O4)C2=O)c(OC)c1OC. The highest BCUT2D eigenvalue weighted by Gasteiger charge is 2.40. The molecule has 0 aromatic heterocycles. The number of para-hydroxylation sites is 1. The van der Waals surface area contributed by atoms with Crippen molar-refractivity contribution in [1.82, 2.24) is 0 Å². The van der Waals surface area contributed by atoms with Gasteiger partial charge in [-0.2, -0.15) is 0 Å². The van der Waals surface area contributed by atoms with Gasteiger partial charge in [0, 0.05) is 22.6 Å². The Morgan fingerprint density at radius 1 is 0.868 bits per heavy atom. The quantitative estimate of drug-likeness (QED) is 0.262. The van der Waals surface area contributed by atoms with Gasteiger partial charge in [-0.05, 0) is 48.1 Å². The van der Waals surface area contributed by atoms with Gasteiger partial charge in [-0.3, -0.25) is 9.59 Å². The lowest BCUT2D eigenvalue weighted by Crippen LogP contribution is -2.24. The fraction of sp³-hybridized carbons (Fsp3) is 0.200. The van der Waals surface area contributed by atoms with Gasteiger partial charge in [-0.25, -0.2) is 0 Å². The highest BCUT2D eigenvalue weighted by molar-refractivity contribution is 6.15. The van der Waals surface area contributed by atoms with E-state index in [0.717, 1.165) is 16.9 Å². The molecule has 3 aromatic carbocycles. The van der Waals surface area contributed by atoms with Crippen LogP contribution in [-0.2, 0) is 4.79 Å². The second kappa shape index (κ2) is 9.30. The number of rotatable bonds is 5. The Balaban J connectivity index is 1.43. The van der Waals surface area contributed by atoms with E-state index in [2.05, 4.69) is 0 Å². The van der Waals surface area contributed by atoms with Crippen molar-refractivity contribution < 1.29 is 38.0 Å². The van der Waals surface area contributed by atoms with E-state index in [1.165, 1.54) is 21.3 Å². The van der Waals surface area contributed by atoms with Crippen LogP contribution in [0.15, 0.2) is 59.9 Å². The Bertz CT molecular complexity index is 1550. The molecule has 3 heterocycles. The van der Waals surface area contributed by atoms with Crippen LogP contribution in [0.1, 0.15) is 39.4 Å². The van der Waals surface area contributed by atoms with Crippen LogP contribution >= 0.6 is 0 Å². The van der Waals surface area contributed by atoms with Gasteiger partial charge in [0.15, 0.2) is 17.3 Å². The average Bonchev–Trinajstić information content (AvgIpc) is 3.26. The summed E-state index contributed by atoms with van der Waals surface area (Å²) in [7, 11) is 4.56. The average molecular weight is 513 g/mol. The second-order valence-electron chi connectivity index (χ2n) is 8.99. The summed E-state index contributed by atoms with van der Waals surface area (Å²) in [5.41, 5.74) is 3.48. The Hall–Kier alpha value is -4.72. The lowest BCUT2D eigenvalue weighted by molar-refractivity contribution is -0.135. The largest absolute Gasteiger partial charge is 0.493 e. The fourth-order valence-electron chi connectivity index (χ4n) is 5.14. The predicted molar refractivity (Wildman–Crippen MR) is 138 cm³/mol. The van der Waals surface area contributed by atoms with Crippen molar-refractivity contribution >= 4 is 23.9 Å². The Morgan fingerprint density at radius 3 is 2.47 bits per heavy atom. The minimum absolute atomic E-state index is 0.112. The molecular weight excluding hydrogens is 488 g/mol. The zero-order chi connectivity index (χ0) is 26.4. The first-order chi connectivity index (χ1) is 18.5. The van der Waals surface area contributed by atoms with E-state index < -0.39 is 0 Å². The van der Waals surface area contributed by atoms with E-state index >= 15 is 0 Å². The molecular formula is C30H24O8. The summed E-state index contributed by atoms with van der Waals surface area (Å²) in [6.07, 6.45) is 3.76. The molecule has 3 aliphatic rings. The predicted octanol–water partition coefficient (Wildman–Crippen LogP) is 5.20. The summed E-state index contributed by atoms with van der Waals surface area (Å²) < 4.78 is 34.1. The van der Waals surface area contributed by atoms with E-state index in [9.17, 15) is 9.59 Å². The molecule has 0 fully saturated rings. The maximum absolute atomic E-state index is 13.4. The summed E-state index contributed by atoms with van der Waals surface area (Å²) in [6.45, 7) is 0.317. The first-order valence-corrected chi connectivity index (χ1v) is 12.1. The summed E-state index contributed by atoms with van der Waals surface area (Å²) in [6, 6.07) is 14.5. The number of esters is 1. The number of hydrogen-bond donors (Lipinski definition) is 0. The van der Waals surface area contributed by atoms with Crippen molar-refractivity contribution in [2.24, 2.45) is 0 Å². The molecule has 0 saturated carbocycles. The van der Waals surface area contributed by atoms with Crippen molar-refractivity contribution in [2.45, 2.75) is 12.3 Å². The third-order valence-corrected chi connectivity index (χ3v) is 6.90. The molecule has 8 nitrogen and oxygen atoms in total. The van der Waals surface area contributed by atoms with Crippen LogP contribution in [0.25, 0.3) is 12.2 Å². The lowest BCUT2D eigenvalue weighted by atomic mass is 9.83. The molecule has 0 N–H and O–H groups in total. The number of Topliss-reactive ketones (excluding diaryl/α,β-unsaturated/α-hetero) is 1. The molecule has 0 aliphatic carbocycles. The van der Waals surface area contributed by atoms with Crippen LogP contribution in [0.2, 0.25) is 0 Å². The normalized spacial score (nSPS) is 18.3. The number of hydrogen-bond acceptors (Lipinski definition) is 8. The van der Waals surface area contributed by atoms with E-state index in [4.69, 9.17) is 28.4 Å². The smallest absolute Gasteiger partial charge is 0.312 e. The number of ketones is 1. The van der Waals surface area contributed by atoms with E-state index in [-0.39, 0.29) is 29.9 Å². The van der Waals surface area contributed by atoms with Gasteiger partial charge in [0.1, 0.15) is 23.9 Å². The third kappa shape index (κ3) is 3.76. The van der Waals surface area contributed by atoms with E-state index in [1.54, 1.807) is 30.3 Å².